The Hall–Kier alpha value is -0.180. The van der Waals surface area contributed by atoms with Gasteiger partial charge >= 0.3 is 0 Å². The van der Waals surface area contributed by atoms with Crippen molar-refractivity contribution < 1.29 is 4.79 Å². The molecule has 0 unspecified atom stereocenters. The zero-order chi connectivity index (χ0) is 8.53. The molecule has 0 aliphatic heterocycles. The molecule has 0 aromatic heterocycles. The predicted molar refractivity (Wildman–Crippen MR) is 51.0 cm³/mol. The maximum atomic E-state index is 10.9. The Balaban J connectivity index is 3.09. The summed E-state index contributed by atoms with van der Waals surface area (Å²) in [4.78, 5) is 10.9. The van der Waals surface area contributed by atoms with E-state index in [4.69, 9.17) is 0 Å². The monoisotopic (exact) mass is 175 g/mol. The number of nitrogens with one attached hydrogen (secondary N) is 1. The fraction of sp³-hybridized carbons (Fsp3) is 0.875. The van der Waals surface area contributed by atoms with E-state index in [1.54, 1.807) is 0 Å². The summed E-state index contributed by atoms with van der Waals surface area (Å²) in [5, 5.41) is 2.85. The number of carbonyl (C=O) groups is 1. The van der Waals surface area contributed by atoms with E-state index >= 15 is 0 Å². The van der Waals surface area contributed by atoms with Gasteiger partial charge in [-0.2, -0.15) is 12.6 Å². The van der Waals surface area contributed by atoms with Gasteiger partial charge in [0.25, 0.3) is 0 Å². The number of amides is 1. The molecule has 0 aliphatic rings. The van der Waals surface area contributed by atoms with Crippen LogP contribution in [-0.4, -0.2) is 18.2 Å². The van der Waals surface area contributed by atoms with Gasteiger partial charge in [0.15, 0.2) is 0 Å². The summed E-state index contributed by atoms with van der Waals surface area (Å²) in [6.45, 7) is 2.93. The lowest BCUT2D eigenvalue weighted by Gasteiger charge is -2.01. The van der Waals surface area contributed by atoms with Crippen molar-refractivity contribution >= 4 is 18.5 Å². The Kier molecular flexibility index (Phi) is 7.79. The molecule has 0 aliphatic carbocycles. The van der Waals surface area contributed by atoms with Crippen molar-refractivity contribution in [2.24, 2.45) is 0 Å². The molecule has 0 fully saturated rings. The Morgan fingerprint density at radius 1 is 1.45 bits per heavy atom. The lowest BCUT2D eigenvalue weighted by atomic mass is 10.3. The maximum absolute atomic E-state index is 10.9. The molecule has 1 N–H and O–H groups in total. The van der Waals surface area contributed by atoms with Crippen LogP contribution in [0.2, 0.25) is 0 Å². The van der Waals surface area contributed by atoms with Crippen LogP contribution in [0.4, 0.5) is 0 Å². The topological polar surface area (TPSA) is 29.1 Å². The van der Waals surface area contributed by atoms with E-state index in [-0.39, 0.29) is 5.91 Å². The van der Waals surface area contributed by atoms with E-state index in [1.165, 1.54) is 0 Å². The summed E-state index contributed by atoms with van der Waals surface area (Å²) in [7, 11) is 0. The second-order valence-electron chi connectivity index (χ2n) is 2.53. The van der Waals surface area contributed by atoms with Gasteiger partial charge in [0, 0.05) is 13.0 Å². The van der Waals surface area contributed by atoms with Gasteiger partial charge in [0.05, 0.1) is 0 Å². The first-order valence-corrected chi connectivity index (χ1v) is 4.82. The third-order valence-corrected chi connectivity index (χ3v) is 1.73. The van der Waals surface area contributed by atoms with Crippen LogP contribution in [0.1, 0.15) is 32.6 Å². The molecular formula is C8H17NOS. The molecule has 0 saturated carbocycles. The van der Waals surface area contributed by atoms with Crippen LogP contribution >= 0.6 is 12.6 Å². The summed E-state index contributed by atoms with van der Waals surface area (Å²) in [6.07, 6.45) is 3.70. The zero-order valence-corrected chi connectivity index (χ0v) is 7.99. The fourth-order valence-corrected chi connectivity index (χ4v) is 0.891. The number of hydrogen-bond acceptors (Lipinski definition) is 2. The summed E-state index contributed by atoms with van der Waals surface area (Å²) in [5.74, 6) is 0.953. The van der Waals surface area contributed by atoms with Crippen molar-refractivity contribution in [1.82, 2.24) is 5.32 Å². The Morgan fingerprint density at radius 2 is 2.18 bits per heavy atom. The molecule has 0 rings (SSSR count). The first-order chi connectivity index (χ1) is 5.31. The SMILES string of the molecule is CCCCNC(=O)CCCS. The molecule has 66 valence electrons. The Bertz CT molecular complexity index is 106. The molecule has 0 spiro atoms. The molecule has 2 nitrogen and oxygen atoms in total. The molecule has 0 radical (unpaired) electrons. The average Bonchev–Trinajstić information content (AvgIpc) is 2.01. The predicted octanol–water partition coefficient (Wildman–Crippen LogP) is 1.61. The minimum Gasteiger partial charge on any atom is -0.356 e. The van der Waals surface area contributed by atoms with Gasteiger partial charge in [0.1, 0.15) is 0 Å². The second-order valence-corrected chi connectivity index (χ2v) is 2.98. The van der Waals surface area contributed by atoms with E-state index < -0.39 is 0 Å². The quantitative estimate of drug-likeness (QED) is 0.466. The van der Waals surface area contributed by atoms with Crippen molar-refractivity contribution in [1.29, 1.82) is 0 Å². The molecule has 0 aromatic carbocycles. The maximum Gasteiger partial charge on any atom is 0.220 e. The highest BCUT2D eigenvalue weighted by atomic mass is 32.1. The van der Waals surface area contributed by atoms with Crippen molar-refractivity contribution in [3.05, 3.63) is 0 Å². The zero-order valence-electron chi connectivity index (χ0n) is 7.10. The lowest BCUT2D eigenvalue weighted by molar-refractivity contribution is -0.121. The molecule has 0 bridgehead atoms. The van der Waals surface area contributed by atoms with E-state index in [1.807, 2.05) is 0 Å². The standard InChI is InChI=1S/C8H17NOS/c1-2-3-6-9-8(10)5-4-7-11/h11H,2-7H2,1H3,(H,9,10). The number of carbonyl (C=O) groups excluding carboxylic acids is 1. The van der Waals surface area contributed by atoms with Gasteiger partial charge in [-0.1, -0.05) is 13.3 Å². The first kappa shape index (κ1) is 10.8. The highest BCUT2D eigenvalue weighted by Crippen LogP contribution is 1.91. The lowest BCUT2D eigenvalue weighted by Crippen LogP contribution is -2.23. The van der Waals surface area contributed by atoms with Crippen molar-refractivity contribution in [3.63, 3.8) is 0 Å². The van der Waals surface area contributed by atoms with Crippen molar-refractivity contribution in [2.45, 2.75) is 32.6 Å². The third kappa shape index (κ3) is 7.72. The molecular weight excluding hydrogens is 158 g/mol. The summed E-state index contributed by atoms with van der Waals surface area (Å²) in [5.41, 5.74) is 0. The van der Waals surface area contributed by atoms with Crippen LogP contribution in [0.25, 0.3) is 0 Å². The van der Waals surface area contributed by atoms with Gasteiger partial charge in [-0.15, -0.1) is 0 Å². The summed E-state index contributed by atoms with van der Waals surface area (Å²) < 4.78 is 0. The fourth-order valence-electron chi connectivity index (χ4n) is 0.733. The van der Waals surface area contributed by atoms with Crippen LogP contribution in [-0.2, 0) is 4.79 Å². The molecule has 1 amide bonds. The highest BCUT2D eigenvalue weighted by Gasteiger charge is 1.97. The average molecular weight is 175 g/mol. The molecule has 0 heterocycles. The number of unbranched alkanes of at least 4 members (excludes halogenated alkanes) is 1. The number of rotatable bonds is 6. The van der Waals surface area contributed by atoms with Crippen LogP contribution in [0.15, 0.2) is 0 Å². The van der Waals surface area contributed by atoms with Crippen molar-refractivity contribution in [2.75, 3.05) is 12.3 Å². The van der Waals surface area contributed by atoms with E-state index in [0.29, 0.717) is 6.42 Å². The van der Waals surface area contributed by atoms with E-state index in [2.05, 4.69) is 24.9 Å². The summed E-state index contributed by atoms with van der Waals surface area (Å²) >= 11 is 4.02. The van der Waals surface area contributed by atoms with Gasteiger partial charge in [-0.05, 0) is 18.6 Å². The third-order valence-electron chi connectivity index (χ3n) is 1.41. The molecule has 0 saturated heterocycles. The minimum atomic E-state index is 0.160. The van der Waals surface area contributed by atoms with E-state index in [0.717, 1.165) is 31.6 Å². The second kappa shape index (κ2) is 7.92. The van der Waals surface area contributed by atoms with Gasteiger partial charge in [-0.25, -0.2) is 0 Å². The Morgan fingerprint density at radius 3 is 2.73 bits per heavy atom. The van der Waals surface area contributed by atoms with Gasteiger partial charge in [-0.3, -0.25) is 4.79 Å². The van der Waals surface area contributed by atoms with E-state index in [9.17, 15) is 4.79 Å². The van der Waals surface area contributed by atoms with Crippen LogP contribution in [0.5, 0.6) is 0 Å². The first-order valence-electron chi connectivity index (χ1n) is 4.18. The summed E-state index contributed by atoms with van der Waals surface area (Å²) in [6, 6.07) is 0. The molecule has 0 atom stereocenters. The smallest absolute Gasteiger partial charge is 0.220 e. The van der Waals surface area contributed by atoms with Gasteiger partial charge in [0.2, 0.25) is 5.91 Å². The minimum absolute atomic E-state index is 0.160. The van der Waals surface area contributed by atoms with Crippen LogP contribution in [0, 0.1) is 0 Å². The van der Waals surface area contributed by atoms with Crippen LogP contribution in [0.3, 0.4) is 0 Å². The van der Waals surface area contributed by atoms with Gasteiger partial charge < -0.3 is 5.32 Å². The molecule has 11 heavy (non-hydrogen) atoms. The molecule has 0 aromatic rings. The Labute approximate surface area is 74.2 Å². The largest absolute Gasteiger partial charge is 0.356 e. The highest BCUT2D eigenvalue weighted by molar-refractivity contribution is 7.80. The number of hydrogen-bond donors (Lipinski definition) is 2. The van der Waals surface area contributed by atoms with Crippen LogP contribution < -0.4 is 5.32 Å². The normalized spacial score (nSPS) is 9.64. The van der Waals surface area contributed by atoms with Crippen molar-refractivity contribution in [3.8, 4) is 0 Å². The molecule has 3 heteroatoms. The number of thiol groups is 1.